The summed E-state index contributed by atoms with van der Waals surface area (Å²) in [5.74, 6) is 0.548. The number of nitrogens with one attached hydrogen (secondary N) is 1. The first-order valence-electron chi connectivity index (χ1n) is 7.40. The van der Waals surface area contributed by atoms with Gasteiger partial charge in [0.2, 0.25) is 11.8 Å². The van der Waals surface area contributed by atoms with Gasteiger partial charge < -0.3 is 15.0 Å². The molecule has 1 aliphatic rings. The van der Waals surface area contributed by atoms with Gasteiger partial charge in [-0.25, -0.2) is 0 Å². The maximum absolute atomic E-state index is 12.4. The Bertz CT molecular complexity index is 516. The fourth-order valence-electron chi connectivity index (χ4n) is 2.66. The zero-order chi connectivity index (χ0) is 15.2. The molecular weight excluding hydrogens is 268 g/mol. The van der Waals surface area contributed by atoms with Crippen LogP contribution in [0.25, 0.3) is 0 Å². The molecule has 5 heteroatoms. The normalized spacial score (nSPS) is 17.6. The van der Waals surface area contributed by atoms with Crippen molar-refractivity contribution in [2.24, 2.45) is 0 Å². The van der Waals surface area contributed by atoms with Gasteiger partial charge in [-0.3, -0.25) is 9.59 Å². The summed E-state index contributed by atoms with van der Waals surface area (Å²) in [5.41, 5.74) is 0.639. The molecule has 2 amide bonds. The van der Waals surface area contributed by atoms with E-state index in [1.165, 1.54) is 0 Å². The van der Waals surface area contributed by atoms with Gasteiger partial charge in [-0.2, -0.15) is 0 Å². The predicted octanol–water partition coefficient (Wildman–Crippen LogP) is 2.42. The molecule has 1 atom stereocenters. The first-order valence-corrected chi connectivity index (χ1v) is 7.40. The third-order valence-electron chi connectivity index (χ3n) is 3.70. The molecular formula is C16H22N2O3. The summed E-state index contributed by atoms with van der Waals surface area (Å²) in [5, 5.41) is 2.87. The van der Waals surface area contributed by atoms with Gasteiger partial charge in [-0.15, -0.1) is 0 Å². The zero-order valence-corrected chi connectivity index (χ0v) is 12.6. The Morgan fingerprint density at radius 3 is 2.86 bits per heavy atom. The molecule has 1 fully saturated rings. The van der Waals surface area contributed by atoms with Crippen LogP contribution >= 0.6 is 0 Å². The van der Waals surface area contributed by atoms with Crippen molar-refractivity contribution in [1.29, 1.82) is 0 Å². The highest BCUT2D eigenvalue weighted by Gasteiger charge is 2.33. The molecule has 1 aromatic rings. The van der Waals surface area contributed by atoms with Crippen molar-refractivity contribution >= 4 is 17.5 Å². The van der Waals surface area contributed by atoms with Gasteiger partial charge in [0, 0.05) is 13.0 Å². The van der Waals surface area contributed by atoms with Crippen LogP contribution in [0.4, 0.5) is 5.69 Å². The molecule has 1 N–H and O–H groups in total. The lowest BCUT2D eigenvalue weighted by molar-refractivity contribution is -0.136. The Morgan fingerprint density at radius 1 is 1.38 bits per heavy atom. The second-order valence-electron chi connectivity index (χ2n) is 5.18. The van der Waals surface area contributed by atoms with Crippen LogP contribution in [-0.4, -0.2) is 36.4 Å². The highest BCUT2D eigenvalue weighted by Crippen LogP contribution is 2.25. The van der Waals surface area contributed by atoms with Crippen LogP contribution in [0, 0.1) is 0 Å². The van der Waals surface area contributed by atoms with E-state index in [0.29, 0.717) is 24.4 Å². The van der Waals surface area contributed by atoms with Gasteiger partial charge in [-0.1, -0.05) is 19.1 Å². The predicted molar refractivity (Wildman–Crippen MR) is 81.3 cm³/mol. The number of amides is 2. The average molecular weight is 290 g/mol. The number of rotatable bonds is 5. The number of carbonyl (C=O) groups excluding carboxylic acids is 2. The van der Waals surface area contributed by atoms with E-state index in [1.54, 1.807) is 24.1 Å². The van der Waals surface area contributed by atoms with Crippen LogP contribution in [0.5, 0.6) is 5.75 Å². The number of methoxy groups -OCH3 is 1. The van der Waals surface area contributed by atoms with Crippen molar-refractivity contribution < 1.29 is 14.3 Å². The maximum atomic E-state index is 12.4. The first kappa shape index (κ1) is 15.4. The Balaban J connectivity index is 2.07. The average Bonchev–Trinajstić information content (AvgIpc) is 2.97. The molecule has 114 valence electrons. The molecule has 2 rings (SSSR count). The van der Waals surface area contributed by atoms with Crippen LogP contribution in [0.2, 0.25) is 0 Å². The lowest BCUT2D eigenvalue weighted by Crippen LogP contribution is -2.43. The number of hydrogen-bond acceptors (Lipinski definition) is 3. The van der Waals surface area contributed by atoms with Gasteiger partial charge in [0.25, 0.3) is 0 Å². The van der Waals surface area contributed by atoms with Crippen LogP contribution < -0.4 is 10.1 Å². The summed E-state index contributed by atoms with van der Waals surface area (Å²) in [7, 11) is 1.57. The zero-order valence-electron chi connectivity index (χ0n) is 12.6. The molecule has 1 saturated heterocycles. The number of hydrogen-bond donors (Lipinski definition) is 1. The summed E-state index contributed by atoms with van der Waals surface area (Å²) in [6, 6.07) is 6.91. The molecule has 1 aliphatic heterocycles. The lowest BCUT2D eigenvalue weighted by Gasteiger charge is -2.24. The number of nitrogens with zero attached hydrogens (tertiary/aromatic N) is 1. The SMILES string of the molecule is CCCC(=O)N1CCCC1C(=O)Nc1ccccc1OC. The van der Waals surface area contributed by atoms with Gasteiger partial charge in [0.15, 0.2) is 0 Å². The quantitative estimate of drug-likeness (QED) is 0.906. The molecule has 0 aliphatic carbocycles. The fourth-order valence-corrected chi connectivity index (χ4v) is 2.66. The number of carbonyl (C=O) groups is 2. The van der Waals surface area contributed by atoms with E-state index in [-0.39, 0.29) is 17.9 Å². The van der Waals surface area contributed by atoms with E-state index in [0.717, 1.165) is 19.3 Å². The summed E-state index contributed by atoms with van der Waals surface area (Å²) in [6.07, 6.45) is 2.89. The van der Waals surface area contributed by atoms with Crippen LogP contribution in [0.3, 0.4) is 0 Å². The summed E-state index contributed by atoms with van der Waals surface area (Å²) < 4.78 is 5.23. The standard InChI is InChI=1S/C16H22N2O3/c1-3-7-15(19)18-11-6-9-13(18)16(20)17-12-8-4-5-10-14(12)21-2/h4-5,8,10,13H,3,6-7,9,11H2,1-2H3,(H,17,20). The third-order valence-corrected chi connectivity index (χ3v) is 3.70. The minimum absolute atomic E-state index is 0.0650. The van der Waals surface area contributed by atoms with Gasteiger partial charge in [0.1, 0.15) is 11.8 Å². The first-order chi connectivity index (χ1) is 10.2. The number of likely N-dealkylation sites (tertiary alicyclic amines) is 1. The fraction of sp³-hybridized carbons (Fsp3) is 0.500. The van der Waals surface area contributed by atoms with E-state index in [1.807, 2.05) is 19.1 Å². The van der Waals surface area contributed by atoms with Crippen molar-refractivity contribution in [3.8, 4) is 5.75 Å². The Labute approximate surface area is 125 Å². The van der Waals surface area contributed by atoms with E-state index < -0.39 is 0 Å². The molecule has 0 radical (unpaired) electrons. The van der Waals surface area contributed by atoms with Crippen molar-refractivity contribution in [2.45, 2.75) is 38.6 Å². The van der Waals surface area contributed by atoms with Gasteiger partial charge >= 0.3 is 0 Å². The number of anilines is 1. The van der Waals surface area contributed by atoms with Crippen molar-refractivity contribution in [1.82, 2.24) is 4.90 Å². The highest BCUT2D eigenvalue weighted by atomic mass is 16.5. The van der Waals surface area contributed by atoms with E-state index >= 15 is 0 Å². The molecule has 0 saturated carbocycles. The minimum atomic E-state index is -0.367. The molecule has 21 heavy (non-hydrogen) atoms. The van der Waals surface area contributed by atoms with Crippen molar-refractivity contribution in [3.63, 3.8) is 0 Å². The number of para-hydroxylation sites is 2. The molecule has 0 bridgehead atoms. The topological polar surface area (TPSA) is 58.6 Å². The second-order valence-corrected chi connectivity index (χ2v) is 5.18. The highest BCUT2D eigenvalue weighted by molar-refractivity contribution is 5.98. The molecule has 0 spiro atoms. The molecule has 1 heterocycles. The van der Waals surface area contributed by atoms with Gasteiger partial charge in [0.05, 0.1) is 12.8 Å². The summed E-state index contributed by atoms with van der Waals surface area (Å²) in [4.78, 5) is 26.2. The molecule has 1 aromatic carbocycles. The smallest absolute Gasteiger partial charge is 0.247 e. The number of benzene rings is 1. The van der Waals surface area contributed by atoms with E-state index in [2.05, 4.69) is 5.32 Å². The lowest BCUT2D eigenvalue weighted by atomic mass is 10.2. The van der Waals surface area contributed by atoms with Crippen molar-refractivity contribution in [3.05, 3.63) is 24.3 Å². The Kier molecular flexibility index (Phi) is 5.20. The third kappa shape index (κ3) is 3.54. The van der Waals surface area contributed by atoms with E-state index in [4.69, 9.17) is 4.74 Å². The Morgan fingerprint density at radius 2 is 2.14 bits per heavy atom. The Hall–Kier alpha value is -2.04. The monoisotopic (exact) mass is 290 g/mol. The van der Waals surface area contributed by atoms with E-state index in [9.17, 15) is 9.59 Å². The maximum Gasteiger partial charge on any atom is 0.247 e. The molecule has 0 aromatic heterocycles. The summed E-state index contributed by atoms with van der Waals surface area (Å²) >= 11 is 0. The van der Waals surface area contributed by atoms with Crippen LogP contribution in [0.15, 0.2) is 24.3 Å². The van der Waals surface area contributed by atoms with Crippen LogP contribution in [-0.2, 0) is 9.59 Å². The second kappa shape index (κ2) is 7.11. The summed E-state index contributed by atoms with van der Waals surface area (Å²) in [6.45, 7) is 2.64. The molecule has 5 nitrogen and oxygen atoms in total. The molecule has 1 unspecified atom stereocenters. The minimum Gasteiger partial charge on any atom is -0.495 e. The van der Waals surface area contributed by atoms with Crippen molar-refractivity contribution in [2.75, 3.05) is 19.0 Å². The van der Waals surface area contributed by atoms with Gasteiger partial charge in [-0.05, 0) is 31.4 Å². The largest absolute Gasteiger partial charge is 0.495 e. The number of ether oxygens (including phenoxy) is 1. The van der Waals surface area contributed by atoms with Crippen LogP contribution in [0.1, 0.15) is 32.6 Å².